The van der Waals surface area contributed by atoms with Crippen LogP contribution in [0.5, 0.6) is 0 Å². The fourth-order valence-corrected chi connectivity index (χ4v) is 5.08. The molecule has 0 saturated carbocycles. The molecule has 0 amide bonds. The zero-order valence-electron chi connectivity index (χ0n) is 20.7. The van der Waals surface area contributed by atoms with E-state index in [4.69, 9.17) is 30.3 Å². The van der Waals surface area contributed by atoms with Crippen molar-refractivity contribution in [2.24, 2.45) is 5.92 Å². The summed E-state index contributed by atoms with van der Waals surface area (Å²) in [6.45, 7) is 12.1. The Morgan fingerprint density at radius 1 is 1.23 bits per heavy atom. The average molecular weight is 497 g/mol. The Balaban J connectivity index is 1.44. The second-order valence-corrected chi connectivity index (χ2v) is 11.0. The molecule has 2 aliphatic heterocycles. The minimum absolute atomic E-state index is 0.313. The summed E-state index contributed by atoms with van der Waals surface area (Å²) < 4.78 is 18.7. The van der Waals surface area contributed by atoms with Gasteiger partial charge >= 0.3 is 13.1 Å². The Hall–Kier alpha value is -2.39. The molecule has 2 aromatic carbocycles. The van der Waals surface area contributed by atoms with Crippen molar-refractivity contribution in [1.82, 2.24) is 9.88 Å². The van der Waals surface area contributed by atoms with Gasteiger partial charge < -0.3 is 18.8 Å². The van der Waals surface area contributed by atoms with E-state index in [1.165, 1.54) is 0 Å². The lowest BCUT2D eigenvalue weighted by molar-refractivity contribution is -0.141. The lowest BCUT2D eigenvalue weighted by Crippen LogP contribution is -2.41. The summed E-state index contributed by atoms with van der Waals surface area (Å²) in [5.74, 6) is -0.561. The Kier molecular flexibility index (Phi) is 5.99. The Labute approximate surface area is 210 Å². The number of oxazole rings is 1. The Morgan fingerprint density at radius 2 is 1.94 bits per heavy atom. The topological polar surface area (TPSA) is 85.0 Å². The molecule has 184 valence electrons. The monoisotopic (exact) mass is 496 g/mol. The van der Waals surface area contributed by atoms with Crippen molar-refractivity contribution in [1.29, 1.82) is 0 Å². The van der Waals surface area contributed by atoms with Crippen LogP contribution in [0, 0.1) is 12.8 Å². The van der Waals surface area contributed by atoms with Crippen LogP contribution in [-0.4, -0.2) is 52.4 Å². The molecule has 0 bridgehead atoms. The van der Waals surface area contributed by atoms with Gasteiger partial charge in [0, 0.05) is 18.7 Å². The lowest BCUT2D eigenvalue weighted by atomic mass is 9.75. The molecule has 2 fully saturated rings. The van der Waals surface area contributed by atoms with E-state index >= 15 is 0 Å². The van der Waals surface area contributed by atoms with E-state index in [0.29, 0.717) is 41.5 Å². The molecular weight excluding hydrogens is 467 g/mol. The van der Waals surface area contributed by atoms with Crippen LogP contribution in [0.1, 0.15) is 45.2 Å². The number of likely N-dealkylation sites (tertiary alicyclic amines) is 1. The fraction of sp³-hybridized carbons (Fsp3) is 0.462. The first kappa shape index (κ1) is 24.3. The minimum atomic E-state index is -0.736. The SMILES string of the molecule is Cc1c(B2OC(C)(C)C(C)(C)O2)cccc1-c1nc2cc(CN3CC[C@@H](C(=O)O)C3)cc(Cl)c2o1. The van der Waals surface area contributed by atoms with Crippen molar-refractivity contribution >= 4 is 41.3 Å². The summed E-state index contributed by atoms with van der Waals surface area (Å²) >= 11 is 6.58. The number of nitrogens with zero attached hydrogens (tertiary/aromatic N) is 2. The predicted molar refractivity (Wildman–Crippen MR) is 136 cm³/mol. The van der Waals surface area contributed by atoms with E-state index in [0.717, 1.165) is 28.7 Å². The van der Waals surface area contributed by atoms with E-state index in [-0.39, 0.29) is 5.92 Å². The molecule has 3 aromatic rings. The first-order chi connectivity index (χ1) is 16.4. The van der Waals surface area contributed by atoms with Crippen LogP contribution in [0.15, 0.2) is 34.7 Å². The molecule has 1 N–H and O–H groups in total. The van der Waals surface area contributed by atoms with Gasteiger partial charge in [0.15, 0.2) is 5.58 Å². The summed E-state index contributed by atoms with van der Waals surface area (Å²) in [6, 6.07) is 9.78. The molecule has 9 heteroatoms. The number of fused-ring (bicyclic) bond motifs is 1. The molecule has 0 radical (unpaired) electrons. The standard InChI is InChI=1S/C26H30BClN2O5/c1-15-18(7-6-8-19(15)27-34-25(2,3)26(4,5)35-27)23-29-21-12-16(11-20(28)22(21)33-23)13-30-10-9-17(14-30)24(31)32/h6-8,11-12,17H,9-10,13-14H2,1-5H3,(H,31,32)/t17-/m1/s1. The summed E-state index contributed by atoms with van der Waals surface area (Å²) in [5, 5.41) is 9.76. The molecule has 1 aromatic heterocycles. The zero-order chi connectivity index (χ0) is 25.1. The van der Waals surface area contributed by atoms with Crippen LogP contribution in [0.2, 0.25) is 5.02 Å². The van der Waals surface area contributed by atoms with Crippen LogP contribution in [0.3, 0.4) is 0 Å². The highest BCUT2D eigenvalue weighted by Gasteiger charge is 2.52. The van der Waals surface area contributed by atoms with Gasteiger partial charge in [0.25, 0.3) is 0 Å². The Morgan fingerprint density at radius 3 is 2.60 bits per heavy atom. The molecule has 1 atom stereocenters. The van der Waals surface area contributed by atoms with Gasteiger partial charge in [-0.3, -0.25) is 9.69 Å². The fourth-order valence-electron chi connectivity index (χ4n) is 4.80. The summed E-state index contributed by atoms with van der Waals surface area (Å²) in [6.07, 6.45) is 0.665. The van der Waals surface area contributed by atoms with E-state index in [1.807, 2.05) is 65.0 Å². The van der Waals surface area contributed by atoms with Gasteiger partial charge in [-0.25, -0.2) is 4.98 Å². The third-order valence-electron chi connectivity index (χ3n) is 7.65. The van der Waals surface area contributed by atoms with Crippen LogP contribution in [0.4, 0.5) is 0 Å². The van der Waals surface area contributed by atoms with Gasteiger partial charge in [-0.05, 0) is 82.4 Å². The molecule has 0 aliphatic carbocycles. The third-order valence-corrected chi connectivity index (χ3v) is 7.93. The number of carbonyl (C=O) groups is 1. The summed E-state index contributed by atoms with van der Waals surface area (Å²) in [5.41, 5.74) is 4.12. The molecule has 0 spiro atoms. The third kappa shape index (κ3) is 4.37. The van der Waals surface area contributed by atoms with Gasteiger partial charge in [0.2, 0.25) is 5.89 Å². The highest BCUT2D eigenvalue weighted by molar-refractivity contribution is 6.62. The number of hydrogen-bond acceptors (Lipinski definition) is 6. The number of carboxylic acids is 1. The molecule has 2 saturated heterocycles. The summed E-state index contributed by atoms with van der Waals surface area (Å²) in [4.78, 5) is 18.2. The molecule has 7 nitrogen and oxygen atoms in total. The van der Waals surface area contributed by atoms with E-state index in [9.17, 15) is 9.90 Å². The number of carboxylic acid groups (broad SMARTS) is 1. The van der Waals surface area contributed by atoms with Crippen molar-refractivity contribution in [3.8, 4) is 11.5 Å². The Bertz CT molecular complexity index is 1290. The number of hydrogen-bond donors (Lipinski definition) is 1. The van der Waals surface area contributed by atoms with E-state index in [2.05, 4.69) is 4.90 Å². The number of halogens is 1. The van der Waals surface area contributed by atoms with Crippen molar-refractivity contribution in [3.63, 3.8) is 0 Å². The van der Waals surface area contributed by atoms with Crippen LogP contribution in [-0.2, 0) is 20.6 Å². The number of aromatic nitrogens is 1. The largest absolute Gasteiger partial charge is 0.495 e. The van der Waals surface area contributed by atoms with Gasteiger partial charge in [-0.15, -0.1) is 0 Å². The van der Waals surface area contributed by atoms with Crippen molar-refractivity contribution < 1.29 is 23.6 Å². The van der Waals surface area contributed by atoms with Gasteiger partial charge in [-0.2, -0.15) is 0 Å². The summed E-state index contributed by atoms with van der Waals surface area (Å²) in [7, 11) is -0.477. The maximum atomic E-state index is 11.3. The number of rotatable bonds is 5. The molecule has 0 unspecified atom stereocenters. The smallest absolute Gasteiger partial charge is 0.481 e. The van der Waals surface area contributed by atoms with Crippen molar-refractivity contribution in [2.75, 3.05) is 13.1 Å². The van der Waals surface area contributed by atoms with Gasteiger partial charge in [0.05, 0.1) is 22.1 Å². The average Bonchev–Trinajstić information content (AvgIpc) is 3.45. The first-order valence-corrected chi connectivity index (χ1v) is 12.3. The predicted octanol–water partition coefficient (Wildman–Crippen LogP) is 4.66. The van der Waals surface area contributed by atoms with Gasteiger partial charge in [0.1, 0.15) is 5.52 Å². The van der Waals surface area contributed by atoms with Crippen LogP contribution < -0.4 is 5.46 Å². The zero-order valence-corrected chi connectivity index (χ0v) is 21.5. The van der Waals surface area contributed by atoms with E-state index < -0.39 is 24.3 Å². The first-order valence-electron chi connectivity index (χ1n) is 11.9. The second-order valence-electron chi connectivity index (χ2n) is 10.6. The number of benzene rings is 2. The highest BCUT2D eigenvalue weighted by atomic mass is 35.5. The molecule has 2 aliphatic rings. The molecule has 3 heterocycles. The molecule has 35 heavy (non-hydrogen) atoms. The van der Waals surface area contributed by atoms with Crippen LogP contribution >= 0.6 is 11.6 Å². The maximum absolute atomic E-state index is 11.3. The molecular formula is C26H30BClN2O5. The van der Waals surface area contributed by atoms with Crippen molar-refractivity contribution in [3.05, 3.63) is 46.5 Å². The highest BCUT2D eigenvalue weighted by Crippen LogP contribution is 2.38. The molecule has 5 rings (SSSR count). The number of aliphatic carboxylic acids is 1. The van der Waals surface area contributed by atoms with E-state index in [1.54, 1.807) is 0 Å². The maximum Gasteiger partial charge on any atom is 0.495 e. The lowest BCUT2D eigenvalue weighted by Gasteiger charge is -2.32. The van der Waals surface area contributed by atoms with Gasteiger partial charge in [-0.1, -0.05) is 23.7 Å². The minimum Gasteiger partial charge on any atom is -0.481 e. The second kappa shape index (κ2) is 8.62. The van der Waals surface area contributed by atoms with Crippen LogP contribution in [0.25, 0.3) is 22.6 Å². The van der Waals surface area contributed by atoms with Crippen molar-refractivity contribution in [2.45, 2.75) is 58.8 Å². The quantitative estimate of drug-likeness (QED) is 0.514. The normalized spacial score (nSPS) is 21.8.